The monoisotopic (exact) mass is 358 g/mol. The molecule has 0 heterocycles. The summed E-state index contributed by atoms with van der Waals surface area (Å²) in [5, 5.41) is 0. The molecular weight excluding hydrogens is 336 g/mol. The van der Waals surface area contributed by atoms with E-state index in [1.165, 1.54) is 12.8 Å². The lowest BCUT2D eigenvalue weighted by Crippen LogP contribution is -2.34. The van der Waals surface area contributed by atoms with Crippen molar-refractivity contribution in [2.45, 2.75) is 51.0 Å². The first-order chi connectivity index (χ1) is 9.47. The molecule has 1 aromatic rings. The van der Waals surface area contributed by atoms with Gasteiger partial charge in [0.1, 0.15) is 0 Å². The second-order valence-corrected chi connectivity index (χ2v) is 8.20. The smallest absolute Gasteiger partial charge is 0.189 e. The molecule has 0 aromatic heterocycles. The highest BCUT2D eigenvalue weighted by Crippen LogP contribution is 2.36. The van der Waals surface area contributed by atoms with Crippen molar-refractivity contribution in [1.29, 1.82) is 0 Å². The van der Waals surface area contributed by atoms with Crippen molar-refractivity contribution in [3.63, 3.8) is 0 Å². The van der Waals surface area contributed by atoms with Crippen LogP contribution >= 0.6 is 15.9 Å². The standard InChI is InChI=1S/C16H23BrO2S/c1-11(2)15-9-4-12(3)10-16(15)19-20(18)14-7-5-13(17)6-8-14/h5-8,11-12,15-16H,4,9-10H2,1-3H3/t12-,15+,16-,20?/m1/s1. The van der Waals surface area contributed by atoms with Crippen LogP contribution in [0.5, 0.6) is 0 Å². The van der Waals surface area contributed by atoms with Gasteiger partial charge in [0, 0.05) is 4.47 Å². The van der Waals surface area contributed by atoms with Crippen LogP contribution in [0.4, 0.5) is 0 Å². The van der Waals surface area contributed by atoms with Crippen molar-refractivity contribution < 1.29 is 8.39 Å². The van der Waals surface area contributed by atoms with Crippen LogP contribution in [0.1, 0.15) is 40.0 Å². The summed E-state index contributed by atoms with van der Waals surface area (Å²) >= 11 is 2.03. The summed E-state index contributed by atoms with van der Waals surface area (Å²) in [6.07, 6.45) is 3.57. The zero-order valence-corrected chi connectivity index (χ0v) is 14.7. The van der Waals surface area contributed by atoms with Gasteiger partial charge in [-0.3, -0.25) is 4.18 Å². The Morgan fingerprint density at radius 1 is 1.25 bits per heavy atom. The van der Waals surface area contributed by atoms with Crippen LogP contribution in [-0.4, -0.2) is 10.3 Å². The third-order valence-electron chi connectivity index (χ3n) is 4.18. The normalized spacial score (nSPS) is 28.6. The fourth-order valence-corrected chi connectivity index (χ4v) is 4.12. The van der Waals surface area contributed by atoms with Gasteiger partial charge in [-0.1, -0.05) is 43.1 Å². The molecule has 1 aliphatic rings. The van der Waals surface area contributed by atoms with Gasteiger partial charge >= 0.3 is 0 Å². The van der Waals surface area contributed by atoms with Crippen molar-refractivity contribution in [2.24, 2.45) is 17.8 Å². The quantitative estimate of drug-likeness (QED) is 0.760. The van der Waals surface area contributed by atoms with Gasteiger partial charge in [-0.25, -0.2) is 4.21 Å². The van der Waals surface area contributed by atoms with E-state index in [1.54, 1.807) is 0 Å². The van der Waals surface area contributed by atoms with Gasteiger partial charge in [0.25, 0.3) is 0 Å². The summed E-state index contributed by atoms with van der Waals surface area (Å²) in [5.41, 5.74) is 0. The number of rotatable bonds is 4. The first-order valence-electron chi connectivity index (χ1n) is 7.32. The van der Waals surface area contributed by atoms with Gasteiger partial charge in [0.05, 0.1) is 11.0 Å². The van der Waals surface area contributed by atoms with Crippen molar-refractivity contribution in [1.82, 2.24) is 0 Å². The lowest BCUT2D eigenvalue weighted by atomic mass is 9.75. The van der Waals surface area contributed by atoms with E-state index in [2.05, 4.69) is 36.7 Å². The highest BCUT2D eigenvalue weighted by molar-refractivity contribution is 9.10. The molecule has 1 fully saturated rings. The Hall–Kier alpha value is -0.190. The molecule has 112 valence electrons. The van der Waals surface area contributed by atoms with E-state index in [0.717, 1.165) is 15.8 Å². The van der Waals surface area contributed by atoms with Gasteiger partial charge in [-0.15, -0.1) is 0 Å². The maximum Gasteiger partial charge on any atom is 0.189 e. The van der Waals surface area contributed by atoms with Gasteiger partial charge in [0.15, 0.2) is 11.1 Å². The van der Waals surface area contributed by atoms with E-state index in [9.17, 15) is 4.21 Å². The topological polar surface area (TPSA) is 26.3 Å². The first kappa shape index (κ1) is 16.2. The molecule has 0 bridgehead atoms. The lowest BCUT2D eigenvalue weighted by molar-refractivity contribution is 0.0567. The lowest BCUT2D eigenvalue weighted by Gasteiger charge is -2.36. The Morgan fingerprint density at radius 3 is 2.50 bits per heavy atom. The average Bonchev–Trinajstić information content (AvgIpc) is 2.39. The Balaban J connectivity index is 2.05. The molecule has 0 saturated heterocycles. The van der Waals surface area contributed by atoms with E-state index in [4.69, 9.17) is 4.18 Å². The van der Waals surface area contributed by atoms with E-state index >= 15 is 0 Å². The second-order valence-electron chi connectivity index (χ2n) is 6.15. The van der Waals surface area contributed by atoms with Crippen LogP contribution in [0.25, 0.3) is 0 Å². The Morgan fingerprint density at radius 2 is 1.90 bits per heavy atom. The molecule has 0 aliphatic heterocycles. The largest absolute Gasteiger partial charge is 0.283 e. The van der Waals surface area contributed by atoms with E-state index in [0.29, 0.717) is 17.8 Å². The molecule has 2 rings (SSSR count). The van der Waals surface area contributed by atoms with Crippen molar-refractivity contribution in [3.05, 3.63) is 28.7 Å². The van der Waals surface area contributed by atoms with Crippen molar-refractivity contribution in [3.8, 4) is 0 Å². The summed E-state index contributed by atoms with van der Waals surface area (Å²) in [6, 6.07) is 7.52. The van der Waals surface area contributed by atoms with Crippen LogP contribution in [0, 0.1) is 17.8 Å². The molecule has 1 saturated carbocycles. The van der Waals surface area contributed by atoms with Gasteiger partial charge in [-0.2, -0.15) is 0 Å². The molecule has 1 aliphatic carbocycles. The van der Waals surface area contributed by atoms with Crippen LogP contribution in [-0.2, 0) is 15.3 Å². The maximum absolute atomic E-state index is 12.4. The molecule has 4 atom stereocenters. The van der Waals surface area contributed by atoms with E-state index in [1.807, 2.05) is 24.3 Å². The fraction of sp³-hybridized carbons (Fsp3) is 0.625. The van der Waals surface area contributed by atoms with E-state index in [-0.39, 0.29) is 6.10 Å². The third-order valence-corrected chi connectivity index (χ3v) is 5.79. The summed E-state index contributed by atoms with van der Waals surface area (Å²) in [5.74, 6) is 1.76. The van der Waals surface area contributed by atoms with Crippen molar-refractivity contribution >= 4 is 27.0 Å². The van der Waals surface area contributed by atoms with Gasteiger partial charge < -0.3 is 0 Å². The molecule has 4 heteroatoms. The van der Waals surface area contributed by atoms with Gasteiger partial charge in [-0.05, 0) is 54.9 Å². The molecule has 1 unspecified atom stereocenters. The third kappa shape index (κ3) is 4.15. The number of hydrogen-bond acceptors (Lipinski definition) is 2. The predicted octanol–water partition coefficient (Wildman–Crippen LogP) is 4.95. The van der Waals surface area contributed by atoms with Crippen LogP contribution < -0.4 is 0 Å². The van der Waals surface area contributed by atoms with Gasteiger partial charge in [0.2, 0.25) is 0 Å². The molecule has 0 N–H and O–H groups in total. The Bertz CT molecular complexity index is 458. The highest BCUT2D eigenvalue weighted by Gasteiger charge is 2.33. The fourth-order valence-electron chi connectivity index (χ4n) is 2.94. The summed E-state index contributed by atoms with van der Waals surface area (Å²) in [6.45, 7) is 6.73. The van der Waals surface area contributed by atoms with Crippen molar-refractivity contribution in [2.75, 3.05) is 0 Å². The highest BCUT2D eigenvalue weighted by atomic mass is 79.9. The minimum Gasteiger partial charge on any atom is -0.283 e. The molecule has 0 amide bonds. The number of benzene rings is 1. The molecule has 0 radical (unpaired) electrons. The SMILES string of the molecule is CC(C)[C@@H]1CC[C@@H](C)C[C@H]1OS(=O)c1ccc(Br)cc1. The van der Waals surface area contributed by atoms with E-state index < -0.39 is 11.1 Å². The zero-order valence-electron chi connectivity index (χ0n) is 12.3. The van der Waals surface area contributed by atoms with Crippen LogP contribution in [0.2, 0.25) is 0 Å². The molecule has 20 heavy (non-hydrogen) atoms. The summed E-state index contributed by atoms with van der Waals surface area (Å²) < 4.78 is 19.3. The summed E-state index contributed by atoms with van der Waals surface area (Å²) in [4.78, 5) is 0.744. The summed E-state index contributed by atoms with van der Waals surface area (Å²) in [7, 11) is 0. The number of hydrogen-bond donors (Lipinski definition) is 0. The molecule has 2 nitrogen and oxygen atoms in total. The average molecular weight is 359 g/mol. The Kier molecular flexibility index (Phi) is 5.82. The number of halogens is 1. The predicted molar refractivity (Wildman–Crippen MR) is 86.8 cm³/mol. The molecule has 0 spiro atoms. The van der Waals surface area contributed by atoms with Crippen LogP contribution in [0.3, 0.4) is 0 Å². The minimum atomic E-state index is -1.36. The zero-order chi connectivity index (χ0) is 14.7. The molecular formula is C16H23BrO2S. The Labute approximate surface area is 133 Å². The molecule has 1 aromatic carbocycles. The van der Waals surface area contributed by atoms with Crippen LogP contribution in [0.15, 0.2) is 33.6 Å². The minimum absolute atomic E-state index is 0.114. The maximum atomic E-state index is 12.4. The second kappa shape index (κ2) is 7.19. The first-order valence-corrected chi connectivity index (χ1v) is 9.18.